The zero-order chi connectivity index (χ0) is 13.6. The highest BCUT2D eigenvalue weighted by Gasteiger charge is 2.33. The molecule has 1 aromatic rings. The van der Waals surface area contributed by atoms with Crippen molar-refractivity contribution in [2.24, 2.45) is 0 Å². The molecule has 2 aliphatic rings. The fraction of sp³-hybridized carbons (Fsp3) is 0.643. The van der Waals surface area contributed by atoms with Crippen molar-refractivity contribution < 1.29 is 4.79 Å². The van der Waals surface area contributed by atoms with Gasteiger partial charge in [-0.25, -0.2) is 0 Å². The summed E-state index contributed by atoms with van der Waals surface area (Å²) in [6.07, 6.45) is 4.24. The van der Waals surface area contributed by atoms with Gasteiger partial charge in [-0.15, -0.1) is 0 Å². The minimum atomic E-state index is 0.136. The van der Waals surface area contributed by atoms with Crippen molar-refractivity contribution in [3.63, 3.8) is 0 Å². The standard InChI is InChI=1S/C14H21N3OS/c1-14(2)9-16(5-6-19-14)13(18)12-7-10(15)8-17(12)11-3-4-11/h7-8,11H,3-6,9,15H2,1-2H3. The minimum absolute atomic E-state index is 0.136. The maximum Gasteiger partial charge on any atom is 0.270 e. The van der Waals surface area contributed by atoms with Crippen LogP contribution in [0.2, 0.25) is 0 Å². The van der Waals surface area contributed by atoms with Crippen LogP contribution in [0, 0.1) is 0 Å². The third-order valence-electron chi connectivity index (χ3n) is 3.74. The Balaban J connectivity index is 1.83. The Bertz CT molecular complexity index is 505. The summed E-state index contributed by atoms with van der Waals surface area (Å²) >= 11 is 1.94. The first-order valence-electron chi connectivity index (χ1n) is 6.87. The van der Waals surface area contributed by atoms with Crippen LogP contribution in [0.3, 0.4) is 0 Å². The SMILES string of the molecule is CC1(C)CN(C(=O)c2cc(N)cn2C2CC2)CCS1. The molecule has 1 aliphatic heterocycles. The zero-order valence-corrected chi connectivity index (χ0v) is 12.4. The molecule has 0 aromatic carbocycles. The molecule has 104 valence electrons. The van der Waals surface area contributed by atoms with Crippen molar-refractivity contribution in [1.29, 1.82) is 0 Å². The molecule has 1 saturated heterocycles. The maximum atomic E-state index is 12.7. The van der Waals surface area contributed by atoms with Crippen molar-refractivity contribution >= 4 is 23.4 Å². The average Bonchev–Trinajstić information content (AvgIpc) is 3.10. The summed E-state index contributed by atoms with van der Waals surface area (Å²) in [5.41, 5.74) is 7.33. The first-order valence-corrected chi connectivity index (χ1v) is 7.85. The fourth-order valence-electron chi connectivity index (χ4n) is 2.68. The molecule has 2 heterocycles. The Morgan fingerprint density at radius 3 is 2.84 bits per heavy atom. The van der Waals surface area contributed by atoms with Crippen molar-refractivity contribution in [2.75, 3.05) is 24.6 Å². The lowest BCUT2D eigenvalue weighted by atomic mass is 10.1. The lowest BCUT2D eigenvalue weighted by Crippen LogP contribution is -2.46. The van der Waals surface area contributed by atoms with Gasteiger partial charge in [0.1, 0.15) is 5.69 Å². The van der Waals surface area contributed by atoms with Crippen LogP contribution >= 0.6 is 11.8 Å². The Hall–Kier alpha value is -1.10. The zero-order valence-electron chi connectivity index (χ0n) is 11.6. The molecule has 2 N–H and O–H groups in total. The fourth-order valence-corrected chi connectivity index (χ4v) is 3.79. The van der Waals surface area contributed by atoms with Crippen LogP contribution in [0.1, 0.15) is 43.2 Å². The summed E-state index contributed by atoms with van der Waals surface area (Å²) < 4.78 is 2.23. The van der Waals surface area contributed by atoms with Gasteiger partial charge < -0.3 is 15.2 Å². The highest BCUT2D eigenvalue weighted by molar-refractivity contribution is 8.00. The van der Waals surface area contributed by atoms with Crippen LogP contribution in [-0.4, -0.2) is 39.0 Å². The van der Waals surface area contributed by atoms with E-state index in [0.717, 1.165) is 37.4 Å². The second kappa shape index (κ2) is 4.47. The van der Waals surface area contributed by atoms with Crippen LogP contribution in [0.15, 0.2) is 12.3 Å². The van der Waals surface area contributed by atoms with Gasteiger partial charge in [0.25, 0.3) is 5.91 Å². The van der Waals surface area contributed by atoms with Crippen molar-refractivity contribution in [3.8, 4) is 0 Å². The van der Waals surface area contributed by atoms with E-state index >= 15 is 0 Å². The number of hydrogen-bond donors (Lipinski definition) is 1. The van der Waals surface area contributed by atoms with Crippen LogP contribution < -0.4 is 5.73 Å². The molecule has 0 bridgehead atoms. The van der Waals surface area contributed by atoms with Gasteiger partial charge in [-0.3, -0.25) is 4.79 Å². The number of thioether (sulfide) groups is 1. The Morgan fingerprint density at radius 2 is 2.21 bits per heavy atom. The predicted octanol–water partition coefficient (Wildman–Crippen LogP) is 2.37. The minimum Gasteiger partial charge on any atom is -0.397 e. The summed E-state index contributed by atoms with van der Waals surface area (Å²) in [5.74, 6) is 1.15. The molecule has 5 heteroatoms. The van der Waals surface area contributed by atoms with E-state index in [1.807, 2.05) is 28.9 Å². The molecular weight excluding hydrogens is 258 g/mol. The predicted molar refractivity (Wildman–Crippen MR) is 79.6 cm³/mol. The summed E-state index contributed by atoms with van der Waals surface area (Å²) in [4.78, 5) is 14.7. The summed E-state index contributed by atoms with van der Waals surface area (Å²) in [5, 5.41) is 0. The Labute approximate surface area is 118 Å². The second-order valence-electron chi connectivity index (χ2n) is 6.13. The first-order chi connectivity index (χ1) is 8.96. The van der Waals surface area contributed by atoms with E-state index < -0.39 is 0 Å². The van der Waals surface area contributed by atoms with Crippen molar-refractivity contribution in [1.82, 2.24) is 9.47 Å². The number of aromatic nitrogens is 1. The van der Waals surface area contributed by atoms with E-state index in [4.69, 9.17) is 5.73 Å². The van der Waals surface area contributed by atoms with Crippen LogP contribution in [0.25, 0.3) is 0 Å². The molecule has 0 unspecified atom stereocenters. The summed E-state index contributed by atoms with van der Waals surface area (Å²) in [6.45, 7) is 6.05. The average molecular weight is 279 g/mol. The van der Waals surface area contributed by atoms with E-state index in [1.54, 1.807) is 0 Å². The van der Waals surface area contributed by atoms with Gasteiger partial charge >= 0.3 is 0 Å². The number of rotatable bonds is 2. The third kappa shape index (κ3) is 2.61. The summed E-state index contributed by atoms with van der Waals surface area (Å²) in [6, 6.07) is 2.32. The van der Waals surface area contributed by atoms with Gasteiger partial charge in [-0.05, 0) is 32.8 Å². The highest BCUT2D eigenvalue weighted by Crippen LogP contribution is 2.38. The van der Waals surface area contributed by atoms with Crippen molar-refractivity contribution in [3.05, 3.63) is 18.0 Å². The maximum absolute atomic E-state index is 12.7. The van der Waals surface area contributed by atoms with Gasteiger partial charge in [0.2, 0.25) is 0 Å². The van der Waals surface area contributed by atoms with Crippen molar-refractivity contribution in [2.45, 2.75) is 37.5 Å². The molecule has 0 atom stereocenters. The number of nitrogen functional groups attached to an aromatic ring is 1. The van der Waals surface area contributed by atoms with Crippen LogP contribution in [-0.2, 0) is 0 Å². The highest BCUT2D eigenvalue weighted by atomic mass is 32.2. The normalized spacial score (nSPS) is 22.5. The number of nitrogens with two attached hydrogens (primary N) is 1. The smallest absolute Gasteiger partial charge is 0.270 e. The lowest BCUT2D eigenvalue weighted by Gasteiger charge is -2.37. The number of amides is 1. The topological polar surface area (TPSA) is 51.3 Å². The van der Waals surface area contributed by atoms with Crippen LogP contribution in [0.5, 0.6) is 0 Å². The first kappa shape index (κ1) is 12.9. The molecule has 3 rings (SSSR count). The van der Waals surface area contributed by atoms with E-state index in [9.17, 15) is 4.79 Å². The molecular formula is C14H21N3OS. The van der Waals surface area contributed by atoms with Gasteiger partial charge in [0.05, 0.1) is 5.69 Å². The largest absolute Gasteiger partial charge is 0.397 e. The van der Waals surface area contributed by atoms with Gasteiger partial charge in [0.15, 0.2) is 0 Å². The molecule has 2 fully saturated rings. The molecule has 1 saturated carbocycles. The number of nitrogens with zero attached hydrogens (tertiary/aromatic N) is 2. The molecule has 0 radical (unpaired) electrons. The van der Waals surface area contributed by atoms with E-state index in [1.165, 1.54) is 0 Å². The van der Waals surface area contributed by atoms with Gasteiger partial charge in [-0.2, -0.15) is 11.8 Å². The second-order valence-corrected chi connectivity index (χ2v) is 7.93. The molecule has 0 spiro atoms. The third-order valence-corrected chi connectivity index (χ3v) is 5.04. The summed E-state index contributed by atoms with van der Waals surface area (Å²) in [7, 11) is 0. The number of carbonyl (C=O) groups excluding carboxylic acids is 1. The molecule has 1 aliphatic carbocycles. The Morgan fingerprint density at radius 1 is 1.47 bits per heavy atom. The molecule has 4 nitrogen and oxygen atoms in total. The van der Waals surface area contributed by atoms with E-state index in [-0.39, 0.29) is 10.7 Å². The van der Waals surface area contributed by atoms with Gasteiger partial charge in [0, 0.05) is 35.8 Å². The lowest BCUT2D eigenvalue weighted by molar-refractivity contribution is 0.0737. The van der Waals surface area contributed by atoms with E-state index in [2.05, 4.69) is 18.4 Å². The number of hydrogen-bond acceptors (Lipinski definition) is 3. The molecule has 19 heavy (non-hydrogen) atoms. The number of anilines is 1. The molecule has 1 aromatic heterocycles. The molecule has 1 amide bonds. The monoisotopic (exact) mass is 279 g/mol. The van der Waals surface area contributed by atoms with Crippen LogP contribution in [0.4, 0.5) is 5.69 Å². The quantitative estimate of drug-likeness (QED) is 0.904. The van der Waals surface area contributed by atoms with Gasteiger partial charge in [-0.1, -0.05) is 0 Å². The van der Waals surface area contributed by atoms with E-state index in [0.29, 0.717) is 11.7 Å². The Kier molecular flexibility index (Phi) is 3.04. The number of carbonyl (C=O) groups is 1.